The monoisotopic (exact) mass is 311 g/mol. The molecule has 1 N–H and O–H groups in total. The number of aromatic nitrogens is 3. The van der Waals surface area contributed by atoms with Crippen molar-refractivity contribution in [1.82, 2.24) is 20.1 Å². The summed E-state index contributed by atoms with van der Waals surface area (Å²) in [4.78, 5) is 21.2. The number of aromatic amines is 1. The van der Waals surface area contributed by atoms with Crippen molar-refractivity contribution >= 4 is 11.6 Å². The van der Waals surface area contributed by atoms with Crippen molar-refractivity contribution in [3.63, 3.8) is 0 Å². The number of aryl methyl sites for hydroxylation is 2. The number of hydrogen-bond acceptors (Lipinski definition) is 4. The van der Waals surface area contributed by atoms with Crippen LogP contribution >= 0.6 is 0 Å². The molecule has 3 heterocycles. The van der Waals surface area contributed by atoms with Crippen molar-refractivity contribution in [2.75, 3.05) is 31.1 Å². The van der Waals surface area contributed by atoms with Gasteiger partial charge in [-0.2, -0.15) is 5.10 Å². The Morgan fingerprint density at radius 1 is 1.22 bits per heavy atom. The summed E-state index contributed by atoms with van der Waals surface area (Å²) in [5.74, 6) is 0.0792. The first-order chi connectivity index (χ1) is 11.2. The molecule has 2 aromatic heterocycles. The van der Waals surface area contributed by atoms with Crippen LogP contribution in [0.1, 0.15) is 33.7 Å². The highest BCUT2D eigenvalue weighted by molar-refractivity contribution is 5.94. The maximum atomic E-state index is 12.7. The van der Waals surface area contributed by atoms with E-state index in [1.165, 1.54) is 11.3 Å². The molecule has 1 aliphatic heterocycles. The second-order valence-electron chi connectivity index (χ2n) is 6.32. The summed E-state index contributed by atoms with van der Waals surface area (Å²) in [6.45, 7) is 5.25. The number of carbonyl (C=O) groups excluding carboxylic acids is 1. The Labute approximate surface area is 135 Å². The smallest absolute Gasteiger partial charge is 0.274 e. The number of pyridine rings is 1. The first kappa shape index (κ1) is 14.2. The number of amides is 1. The maximum absolute atomic E-state index is 12.7. The second kappa shape index (κ2) is 5.68. The average molecular weight is 311 g/mol. The standard InChI is InChI=1S/C17H21N5O/c1-12-11-18-6-5-15(12)21-7-9-22(10-8-21)17(23)16-13-3-2-4-14(13)19-20-16/h5-6,11H,2-4,7-10H2,1H3,(H,19,20). The topological polar surface area (TPSA) is 65.1 Å². The zero-order valence-corrected chi connectivity index (χ0v) is 13.4. The van der Waals surface area contributed by atoms with Gasteiger partial charge in [0.05, 0.1) is 0 Å². The van der Waals surface area contributed by atoms with E-state index in [2.05, 4.69) is 27.0 Å². The number of rotatable bonds is 2. The molecule has 6 nitrogen and oxygen atoms in total. The highest BCUT2D eigenvalue weighted by atomic mass is 16.2. The number of anilines is 1. The number of carbonyl (C=O) groups is 1. The summed E-state index contributed by atoms with van der Waals surface area (Å²) in [5, 5.41) is 7.30. The van der Waals surface area contributed by atoms with Crippen LogP contribution < -0.4 is 4.90 Å². The Bertz CT molecular complexity index is 730. The van der Waals surface area contributed by atoms with Gasteiger partial charge in [0.1, 0.15) is 0 Å². The van der Waals surface area contributed by atoms with Crippen LogP contribution in [-0.4, -0.2) is 52.2 Å². The Morgan fingerprint density at radius 3 is 2.83 bits per heavy atom. The van der Waals surface area contributed by atoms with Gasteiger partial charge in [-0.15, -0.1) is 0 Å². The molecule has 0 spiro atoms. The lowest BCUT2D eigenvalue weighted by atomic mass is 10.1. The van der Waals surface area contributed by atoms with E-state index in [0.717, 1.165) is 56.7 Å². The Kier molecular flexibility index (Phi) is 3.52. The molecule has 1 amide bonds. The van der Waals surface area contributed by atoms with Crippen LogP contribution in [0.15, 0.2) is 18.5 Å². The molecule has 6 heteroatoms. The van der Waals surface area contributed by atoms with Crippen molar-refractivity contribution in [3.05, 3.63) is 41.0 Å². The van der Waals surface area contributed by atoms with Gasteiger partial charge in [0.15, 0.2) is 5.69 Å². The number of nitrogens with zero attached hydrogens (tertiary/aromatic N) is 4. The third-order valence-corrected chi connectivity index (χ3v) is 4.91. The highest BCUT2D eigenvalue weighted by Gasteiger charge is 2.28. The van der Waals surface area contributed by atoms with Crippen molar-refractivity contribution in [3.8, 4) is 0 Å². The molecule has 0 unspecified atom stereocenters. The van der Waals surface area contributed by atoms with E-state index in [9.17, 15) is 4.79 Å². The minimum absolute atomic E-state index is 0.0792. The summed E-state index contributed by atoms with van der Waals surface area (Å²) in [6.07, 6.45) is 6.83. The van der Waals surface area contributed by atoms with Crippen molar-refractivity contribution < 1.29 is 4.79 Å². The first-order valence-corrected chi connectivity index (χ1v) is 8.25. The van der Waals surface area contributed by atoms with E-state index in [1.807, 2.05) is 23.4 Å². The number of fused-ring (bicyclic) bond motifs is 1. The normalized spacial score (nSPS) is 17.4. The Hall–Kier alpha value is -2.37. The molecule has 0 aromatic carbocycles. The zero-order valence-electron chi connectivity index (χ0n) is 13.4. The van der Waals surface area contributed by atoms with Gasteiger partial charge in [-0.25, -0.2) is 0 Å². The van der Waals surface area contributed by atoms with Gasteiger partial charge in [0.25, 0.3) is 5.91 Å². The van der Waals surface area contributed by atoms with Gasteiger partial charge in [0.2, 0.25) is 0 Å². The lowest BCUT2D eigenvalue weighted by Crippen LogP contribution is -2.49. The van der Waals surface area contributed by atoms with Crippen LogP contribution in [0, 0.1) is 6.92 Å². The van der Waals surface area contributed by atoms with Crippen LogP contribution in [0.2, 0.25) is 0 Å². The molecule has 0 saturated carbocycles. The van der Waals surface area contributed by atoms with E-state index in [1.54, 1.807) is 0 Å². The summed E-state index contributed by atoms with van der Waals surface area (Å²) >= 11 is 0. The van der Waals surface area contributed by atoms with Crippen molar-refractivity contribution in [2.45, 2.75) is 26.2 Å². The molecule has 1 fully saturated rings. The van der Waals surface area contributed by atoms with E-state index < -0.39 is 0 Å². The molecule has 120 valence electrons. The van der Waals surface area contributed by atoms with Crippen LogP contribution in [-0.2, 0) is 12.8 Å². The van der Waals surface area contributed by atoms with E-state index in [0.29, 0.717) is 5.69 Å². The molecule has 2 aromatic rings. The predicted octanol–water partition coefficient (Wildman–Crippen LogP) is 1.56. The third-order valence-electron chi connectivity index (χ3n) is 4.91. The summed E-state index contributed by atoms with van der Waals surface area (Å²) in [6, 6.07) is 2.05. The molecular formula is C17H21N5O. The minimum atomic E-state index is 0.0792. The number of nitrogens with one attached hydrogen (secondary N) is 1. The fraction of sp³-hybridized carbons (Fsp3) is 0.471. The van der Waals surface area contributed by atoms with Gasteiger partial charge in [-0.05, 0) is 37.8 Å². The van der Waals surface area contributed by atoms with Crippen LogP contribution in [0.4, 0.5) is 5.69 Å². The zero-order chi connectivity index (χ0) is 15.8. The molecule has 0 atom stereocenters. The molecule has 2 aliphatic rings. The fourth-order valence-electron chi connectivity index (χ4n) is 3.62. The Morgan fingerprint density at radius 2 is 2.04 bits per heavy atom. The van der Waals surface area contributed by atoms with Gasteiger partial charge in [-0.1, -0.05) is 0 Å². The molecule has 0 bridgehead atoms. The quantitative estimate of drug-likeness (QED) is 0.914. The van der Waals surface area contributed by atoms with Gasteiger partial charge in [-0.3, -0.25) is 14.9 Å². The van der Waals surface area contributed by atoms with Gasteiger partial charge < -0.3 is 9.80 Å². The van der Waals surface area contributed by atoms with Crippen LogP contribution in [0.5, 0.6) is 0 Å². The largest absolute Gasteiger partial charge is 0.368 e. The molecule has 4 rings (SSSR count). The van der Waals surface area contributed by atoms with Crippen molar-refractivity contribution in [1.29, 1.82) is 0 Å². The molecule has 1 saturated heterocycles. The van der Waals surface area contributed by atoms with Crippen LogP contribution in [0.25, 0.3) is 0 Å². The third kappa shape index (κ3) is 2.48. The minimum Gasteiger partial charge on any atom is -0.368 e. The first-order valence-electron chi connectivity index (χ1n) is 8.25. The SMILES string of the molecule is Cc1cnccc1N1CCN(C(=O)c2n[nH]c3c2CCC3)CC1. The highest BCUT2D eigenvalue weighted by Crippen LogP contribution is 2.25. The number of H-pyrrole nitrogens is 1. The number of piperazine rings is 1. The van der Waals surface area contributed by atoms with Crippen LogP contribution in [0.3, 0.4) is 0 Å². The van der Waals surface area contributed by atoms with E-state index in [4.69, 9.17) is 0 Å². The molecule has 1 aliphatic carbocycles. The summed E-state index contributed by atoms with van der Waals surface area (Å²) < 4.78 is 0. The number of hydrogen-bond donors (Lipinski definition) is 1. The van der Waals surface area contributed by atoms with E-state index in [-0.39, 0.29) is 5.91 Å². The predicted molar refractivity (Wildman–Crippen MR) is 87.7 cm³/mol. The van der Waals surface area contributed by atoms with E-state index >= 15 is 0 Å². The summed E-state index contributed by atoms with van der Waals surface area (Å²) in [5.41, 5.74) is 5.33. The molecule has 0 radical (unpaired) electrons. The Balaban J connectivity index is 1.45. The van der Waals surface area contributed by atoms with Gasteiger partial charge >= 0.3 is 0 Å². The van der Waals surface area contributed by atoms with Crippen molar-refractivity contribution in [2.24, 2.45) is 0 Å². The lowest BCUT2D eigenvalue weighted by Gasteiger charge is -2.36. The second-order valence-corrected chi connectivity index (χ2v) is 6.32. The summed E-state index contributed by atoms with van der Waals surface area (Å²) in [7, 11) is 0. The average Bonchev–Trinajstić information content (AvgIpc) is 3.18. The molecular weight excluding hydrogens is 290 g/mol. The molecule has 23 heavy (non-hydrogen) atoms. The lowest BCUT2D eigenvalue weighted by molar-refractivity contribution is 0.0739. The van der Waals surface area contributed by atoms with Gasteiger partial charge in [0, 0.05) is 55.5 Å². The maximum Gasteiger partial charge on any atom is 0.274 e. The fourth-order valence-corrected chi connectivity index (χ4v) is 3.62.